The number of aromatic nitrogens is 2. The molecule has 5 heteroatoms. The second-order valence-corrected chi connectivity index (χ2v) is 6.39. The van der Waals surface area contributed by atoms with Crippen LogP contribution in [0.5, 0.6) is 0 Å². The quantitative estimate of drug-likeness (QED) is 0.361. The van der Waals surface area contributed by atoms with Gasteiger partial charge in [0.2, 0.25) is 0 Å². The number of rotatable bonds is 2. The van der Waals surface area contributed by atoms with Crippen molar-refractivity contribution in [1.29, 1.82) is 0 Å². The van der Waals surface area contributed by atoms with Crippen molar-refractivity contribution >= 4 is 16.7 Å². The van der Waals surface area contributed by atoms with Crippen molar-refractivity contribution in [3.05, 3.63) is 84.6 Å². The Kier molecular flexibility index (Phi) is 3.28. The van der Waals surface area contributed by atoms with Gasteiger partial charge in [-0.1, -0.05) is 66.7 Å². The molecular formula is C22H13F3N2. The van der Waals surface area contributed by atoms with E-state index < -0.39 is 11.9 Å². The summed E-state index contributed by atoms with van der Waals surface area (Å²) >= 11 is 0. The van der Waals surface area contributed by atoms with Crippen LogP contribution in [0.2, 0.25) is 0 Å². The normalized spacial score (nSPS) is 12.3. The third-order valence-corrected chi connectivity index (χ3v) is 4.78. The summed E-state index contributed by atoms with van der Waals surface area (Å²) in [6.07, 6.45) is -4.54. The summed E-state index contributed by atoms with van der Waals surface area (Å²) in [5, 5.41) is 0. The Morgan fingerprint density at radius 3 is 1.85 bits per heavy atom. The van der Waals surface area contributed by atoms with Gasteiger partial charge in [-0.2, -0.15) is 13.2 Å². The first-order chi connectivity index (χ1) is 13.1. The number of hydrogen-bond acceptors (Lipinski definition) is 1. The number of imidazole rings is 1. The number of hydrogen-bond donors (Lipinski definition) is 0. The maximum absolute atomic E-state index is 13.8. The summed E-state index contributed by atoms with van der Waals surface area (Å²) in [5.74, 6) is 0. The number of nitrogens with zero attached hydrogens (tertiary/aromatic N) is 2. The highest BCUT2D eigenvalue weighted by Gasteiger charge is 2.39. The molecule has 0 aliphatic rings. The Labute approximate surface area is 152 Å². The first-order valence-corrected chi connectivity index (χ1v) is 8.50. The number of pyridine rings is 1. The predicted octanol–water partition coefficient (Wildman–Crippen LogP) is 6.28. The Morgan fingerprint density at radius 1 is 0.667 bits per heavy atom. The van der Waals surface area contributed by atoms with Gasteiger partial charge < -0.3 is 0 Å². The molecule has 0 saturated heterocycles. The van der Waals surface area contributed by atoms with Crippen LogP contribution in [-0.4, -0.2) is 9.38 Å². The van der Waals surface area contributed by atoms with E-state index in [1.165, 1.54) is 0 Å². The summed E-state index contributed by atoms with van der Waals surface area (Å²) in [6.45, 7) is 0. The number of alkyl halides is 3. The van der Waals surface area contributed by atoms with Gasteiger partial charge in [-0.05, 0) is 23.3 Å². The number of benzene rings is 2. The minimum Gasteiger partial charge on any atom is -0.292 e. The molecular weight excluding hydrogens is 349 g/mol. The van der Waals surface area contributed by atoms with Crippen molar-refractivity contribution in [2.75, 3.05) is 0 Å². The van der Waals surface area contributed by atoms with E-state index >= 15 is 0 Å². The van der Waals surface area contributed by atoms with Crippen LogP contribution in [0.1, 0.15) is 5.69 Å². The fourth-order valence-electron chi connectivity index (χ4n) is 3.75. The Balaban J connectivity index is 2.03. The molecule has 0 aliphatic carbocycles. The topological polar surface area (TPSA) is 17.3 Å². The molecule has 0 fully saturated rings. The lowest BCUT2D eigenvalue weighted by molar-refractivity contribution is -0.139. The summed E-state index contributed by atoms with van der Waals surface area (Å²) in [7, 11) is 0. The van der Waals surface area contributed by atoms with Crippen LogP contribution in [0.15, 0.2) is 78.9 Å². The summed E-state index contributed by atoms with van der Waals surface area (Å²) in [6, 6.07) is 23.9. The molecule has 3 heterocycles. The molecule has 5 rings (SSSR count). The molecule has 0 amide bonds. The molecule has 3 aromatic heterocycles. The van der Waals surface area contributed by atoms with Gasteiger partial charge in [-0.3, -0.25) is 4.40 Å². The molecule has 0 bridgehead atoms. The second-order valence-electron chi connectivity index (χ2n) is 6.39. The van der Waals surface area contributed by atoms with Crippen molar-refractivity contribution in [3.8, 4) is 22.3 Å². The van der Waals surface area contributed by atoms with Crippen LogP contribution in [-0.2, 0) is 6.18 Å². The van der Waals surface area contributed by atoms with Crippen molar-refractivity contribution in [1.82, 2.24) is 9.38 Å². The summed E-state index contributed by atoms with van der Waals surface area (Å²) in [4.78, 5) is 3.90. The smallest absolute Gasteiger partial charge is 0.292 e. The SMILES string of the molecule is FC(F)(F)c1nc2cccc3c(-c4ccccc4)c(-c4ccccc4)c1n23. The second kappa shape index (κ2) is 5.58. The minimum absolute atomic E-state index is 0.109. The molecule has 132 valence electrons. The standard InChI is InChI=1S/C22H13F3N2/c23-22(24,25)21-20-19(15-10-5-2-6-11-15)18(14-8-3-1-4-9-14)16-12-7-13-17(26-21)27(16)20/h1-13H. The summed E-state index contributed by atoms with van der Waals surface area (Å²) in [5.41, 5.74) is 3.24. The van der Waals surface area contributed by atoms with E-state index in [1.807, 2.05) is 66.7 Å². The van der Waals surface area contributed by atoms with Gasteiger partial charge >= 0.3 is 6.18 Å². The molecule has 0 N–H and O–H groups in total. The van der Waals surface area contributed by atoms with Crippen LogP contribution in [0, 0.1) is 0 Å². The van der Waals surface area contributed by atoms with Crippen molar-refractivity contribution in [2.45, 2.75) is 6.18 Å². The van der Waals surface area contributed by atoms with E-state index in [-0.39, 0.29) is 5.52 Å². The highest BCUT2D eigenvalue weighted by molar-refractivity contribution is 6.06. The molecule has 0 spiro atoms. The monoisotopic (exact) mass is 362 g/mol. The molecule has 27 heavy (non-hydrogen) atoms. The molecule has 0 radical (unpaired) electrons. The van der Waals surface area contributed by atoms with Gasteiger partial charge in [0.1, 0.15) is 5.65 Å². The average molecular weight is 362 g/mol. The molecule has 0 saturated carbocycles. The van der Waals surface area contributed by atoms with E-state index in [9.17, 15) is 13.2 Å². The first-order valence-electron chi connectivity index (χ1n) is 8.50. The lowest BCUT2D eigenvalue weighted by Gasteiger charge is -2.08. The molecule has 0 unspecified atom stereocenters. The maximum Gasteiger partial charge on any atom is 0.435 e. The van der Waals surface area contributed by atoms with Crippen molar-refractivity contribution < 1.29 is 13.2 Å². The molecule has 2 nitrogen and oxygen atoms in total. The predicted molar refractivity (Wildman–Crippen MR) is 99.8 cm³/mol. The number of halogens is 3. The Hall–Kier alpha value is -3.34. The zero-order valence-electron chi connectivity index (χ0n) is 14.0. The Bertz CT molecular complexity index is 1240. The average Bonchev–Trinajstić information content (AvgIpc) is 3.23. The van der Waals surface area contributed by atoms with E-state index in [4.69, 9.17) is 0 Å². The fraction of sp³-hybridized carbons (Fsp3) is 0.0455. The molecule has 0 aliphatic heterocycles. The zero-order chi connectivity index (χ0) is 18.6. The van der Waals surface area contributed by atoms with Gasteiger partial charge in [0.05, 0.1) is 11.0 Å². The van der Waals surface area contributed by atoms with E-state index in [0.717, 1.165) is 22.2 Å². The van der Waals surface area contributed by atoms with Crippen molar-refractivity contribution in [3.63, 3.8) is 0 Å². The van der Waals surface area contributed by atoms with Gasteiger partial charge in [-0.15, -0.1) is 0 Å². The highest BCUT2D eigenvalue weighted by atomic mass is 19.4. The van der Waals surface area contributed by atoms with Gasteiger partial charge in [0.25, 0.3) is 0 Å². The van der Waals surface area contributed by atoms with Crippen LogP contribution >= 0.6 is 0 Å². The molecule has 5 aromatic rings. The fourth-order valence-corrected chi connectivity index (χ4v) is 3.75. The highest BCUT2D eigenvalue weighted by Crippen LogP contribution is 2.46. The van der Waals surface area contributed by atoms with E-state index in [0.29, 0.717) is 11.2 Å². The van der Waals surface area contributed by atoms with Gasteiger partial charge in [0, 0.05) is 11.1 Å². The largest absolute Gasteiger partial charge is 0.435 e. The summed E-state index contributed by atoms with van der Waals surface area (Å²) < 4.78 is 43.1. The van der Waals surface area contributed by atoms with Crippen LogP contribution in [0.25, 0.3) is 38.9 Å². The first kappa shape index (κ1) is 15.9. The van der Waals surface area contributed by atoms with E-state index in [1.54, 1.807) is 16.5 Å². The Morgan fingerprint density at radius 2 is 1.26 bits per heavy atom. The van der Waals surface area contributed by atoms with Gasteiger partial charge in [0.15, 0.2) is 5.69 Å². The van der Waals surface area contributed by atoms with Crippen molar-refractivity contribution in [2.24, 2.45) is 0 Å². The van der Waals surface area contributed by atoms with Crippen LogP contribution in [0.4, 0.5) is 13.2 Å². The molecule has 0 atom stereocenters. The third-order valence-electron chi connectivity index (χ3n) is 4.78. The minimum atomic E-state index is -4.54. The molecule has 2 aromatic carbocycles. The van der Waals surface area contributed by atoms with Crippen LogP contribution < -0.4 is 0 Å². The maximum atomic E-state index is 13.8. The van der Waals surface area contributed by atoms with Crippen LogP contribution in [0.3, 0.4) is 0 Å². The third kappa shape index (κ3) is 2.31. The zero-order valence-corrected chi connectivity index (χ0v) is 14.0. The van der Waals surface area contributed by atoms with Gasteiger partial charge in [-0.25, -0.2) is 4.98 Å². The lowest BCUT2D eigenvalue weighted by atomic mass is 9.95. The lowest BCUT2D eigenvalue weighted by Crippen LogP contribution is -2.06. The van der Waals surface area contributed by atoms with E-state index in [2.05, 4.69) is 4.98 Å².